The first kappa shape index (κ1) is 15.3. The van der Waals surface area contributed by atoms with Crippen molar-refractivity contribution in [2.45, 2.75) is 65.7 Å². The summed E-state index contributed by atoms with van der Waals surface area (Å²) in [5.41, 5.74) is 0.532. The van der Waals surface area contributed by atoms with Gasteiger partial charge < -0.3 is 15.2 Å². The topological polar surface area (TPSA) is 41.5 Å². The Kier molecular flexibility index (Phi) is 4.59. The van der Waals surface area contributed by atoms with Gasteiger partial charge in [0, 0.05) is 12.6 Å². The second-order valence-corrected chi connectivity index (χ2v) is 7.57. The third kappa shape index (κ3) is 3.50. The molecule has 2 aliphatic rings. The van der Waals surface area contributed by atoms with Crippen LogP contribution in [0.3, 0.4) is 0 Å². The first-order valence-electron chi connectivity index (χ1n) is 7.85. The van der Waals surface area contributed by atoms with Crippen molar-refractivity contribution in [3.8, 4) is 0 Å². The molecule has 5 atom stereocenters. The zero-order valence-electron chi connectivity index (χ0n) is 13.1. The van der Waals surface area contributed by atoms with Gasteiger partial charge in [0.15, 0.2) is 0 Å². The molecule has 2 saturated carbocycles. The summed E-state index contributed by atoms with van der Waals surface area (Å²) < 4.78 is 5.99. The second kappa shape index (κ2) is 5.71. The minimum atomic E-state index is -0.389. The predicted molar refractivity (Wildman–Crippen MR) is 78.0 cm³/mol. The van der Waals surface area contributed by atoms with Crippen LogP contribution >= 0.6 is 0 Å². The van der Waals surface area contributed by atoms with E-state index in [1.54, 1.807) is 0 Å². The number of hydrogen-bond donors (Lipinski definition) is 2. The fourth-order valence-corrected chi connectivity index (χ4v) is 3.73. The lowest BCUT2D eigenvalue weighted by atomic mass is 9.88. The van der Waals surface area contributed by atoms with Gasteiger partial charge in [0.2, 0.25) is 0 Å². The normalized spacial score (nSPS) is 38.1. The zero-order valence-corrected chi connectivity index (χ0v) is 13.1. The lowest BCUT2D eigenvalue weighted by Gasteiger charge is -2.29. The average molecular weight is 269 g/mol. The number of rotatable bonds is 6. The maximum atomic E-state index is 9.91. The number of aliphatic hydroxyl groups is 1. The summed E-state index contributed by atoms with van der Waals surface area (Å²) >= 11 is 0. The summed E-state index contributed by atoms with van der Waals surface area (Å²) in [5.74, 6) is 2.39. The molecule has 2 N–H and O–H groups in total. The van der Waals surface area contributed by atoms with E-state index in [-0.39, 0.29) is 6.10 Å². The Balaban J connectivity index is 1.71. The highest BCUT2D eigenvalue weighted by Crippen LogP contribution is 2.66. The number of aliphatic hydroxyl groups excluding tert-OH is 1. The second-order valence-electron chi connectivity index (χ2n) is 7.57. The highest BCUT2D eigenvalue weighted by Gasteiger charge is 2.60. The summed E-state index contributed by atoms with van der Waals surface area (Å²) in [6.45, 7) is 12.3. The molecule has 0 aliphatic heterocycles. The van der Waals surface area contributed by atoms with Crippen LogP contribution in [0.25, 0.3) is 0 Å². The van der Waals surface area contributed by atoms with Gasteiger partial charge in [-0.1, -0.05) is 34.6 Å². The summed E-state index contributed by atoms with van der Waals surface area (Å²) in [7, 11) is 0. The third-order valence-electron chi connectivity index (χ3n) is 5.30. The Morgan fingerprint density at radius 2 is 1.89 bits per heavy atom. The fourth-order valence-electron chi connectivity index (χ4n) is 3.73. The summed E-state index contributed by atoms with van der Waals surface area (Å²) in [6, 6.07) is 0.413. The number of hydrogen-bond acceptors (Lipinski definition) is 3. The van der Waals surface area contributed by atoms with Gasteiger partial charge in [-0.15, -0.1) is 0 Å². The summed E-state index contributed by atoms with van der Waals surface area (Å²) in [6.07, 6.45) is 2.43. The molecule has 2 fully saturated rings. The number of nitrogens with one attached hydrogen (secondary N) is 1. The van der Waals surface area contributed by atoms with E-state index in [4.69, 9.17) is 4.74 Å². The van der Waals surface area contributed by atoms with Crippen LogP contribution < -0.4 is 5.32 Å². The van der Waals surface area contributed by atoms with Crippen molar-refractivity contribution < 1.29 is 9.84 Å². The van der Waals surface area contributed by atoms with Gasteiger partial charge in [0.05, 0.1) is 18.8 Å². The van der Waals surface area contributed by atoms with Crippen molar-refractivity contribution in [2.24, 2.45) is 23.2 Å². The Hall–Kier alpha value is -0.120. The van der Waals surface area contributed by atoms with Gasteiger partial charge in [0.25, 0.3) is 0 Å². The lowest BCUT2D eigenvalue weighted by Crippen LogP contribution is -2.37. The predicted octanol–water partition coefficient (Wildman–Crippen LogP) is 2.43. The van der Waals surface area contributed by atoms with Crippen molar-refractivity contribution in [1.29, 1.82) is 0 Å². The Labute approximate surface area is 118 Å². The van der Waals surface area contributed by atoms with Crippen LogP contribution in [0.5, 0.6) is 0 Å². The van der Waals surface area contributed by atoms with E-state index < -0.39 is 0 Å². The zero-order chi connectivity index (χ0) is 14.2. The molecule has 0 bridgehead atoms. The Morgan fingerprint density at radius 1 is 1.26 bits per heavy atom. The molecule has 0 saturated heterocycles. The molecule has 0 heterocycles. The van der Waals surface area contributed by atoms with Gasteiger partial charge in [-0.05, 0) is 36.0 Å². The fraction of sp³-hybridized carbons (Fsp3) is 1.00. The summed E-state index contributed by atoms with van der Waals surface area (Å²) in [4.78, 5) is 0. The molecule has 0 aromatic rings. The van der Waals surface area contributed by atoms with Crippen LogP contribution in [-0.4, -0.2) is 36.5 Å². The van der Waals surface area contributed by atoms with Crippen LogP contribution in [0, 0.1) is 23.2 Å². The largest absolute Gasteiger partial charge is 0.389 e. The van der Waals surface area contributed by atoms with Crippen molar-refractivity contribution in [3.05, 3.63) is 0 Å². The smallest absolute Gasteiger partial charge is 0.0897 e. The molecule has 0 amide bonds. The molecule has 2 rings (SSSR count). The lowest BCUT2D eigenvalue weighted by molar-refractivity contribution is -0.0475. The maximum absolute atomic E-state index is 9.91. The average Bonchev–Trinajstić information content (AvgIpc) is 2.85. The van der Waals surface area contributed by atoms with E-state index in [0.717, 1.165) is 11.8 Å². The highest BCUT2D eigenvalue weighted by atomic mass is 16.5. The molecule has 2 aliphatic carbocycles. The standard InChI is InChI=1S/C16H31NO2/c1-10(2)17-8-12(18)9-19-15-7-14-13(6-11(15)3)16(14,4)5/h10-15,17-18H,6-9H2,1-5H3. The SMILES string of the molecule is CC(C)NCC(O)COC1CC2C(CC1C)C2(C)C. The van der Waals surface area contributed by atoms with Gasteiger partial charge in [-0.25, -0.2) is 0 Å². The van der Waals surface area contributed by atoms with Crippen molar-refractivity contribution in [1.82, 2.24) is 5.32 Å². The van der Waals surface area contributed by atoms with Crippen molar-refractivity contribution >= 4 is 0 Å². The molecule has 0 aromatic heterocycles. The Bertz CT molecular complexity index is 303. The van der Waals surface area contributed by atoms with E-state index in [1.165, 1.54) is 12.8 Å². The van der Waals surface area contributed by atoms with Crippen molar-refractivity contribution in [2.75, 3.05) is 13.2 Å². The van der Waals surface area contributed by atoms with Crippen LogP contribution in [-0.2, 0) is 4.74 Å². The van der Waals surface area contributed by atoms with Crippen LogP contribution in [0.2, 0.25) is 0 Å². The first-order chi connectivity index (χ1) is 8.82. The van der Waals surface area contributed by atoms with Gasteiger partial charge >= 0.3 is 0 Å². The minimum Gasteiger partial charge on any atom is -0.389 e. The molecule has 0 aromatic carbocycles. The monoisotopic (exact) mass is 269 g/mol. The number of fused-ring (bicyclic) bond motifs is 1. The molecule has 112 valence electrons. The van der Waals surface area contributed by atoms with E-state index in [0.29, 0.717) is 36.6 Å². The molecule has 3 heteroatoms. The van der Waals surface area contributed by atoms with Gasteiger partial charge in [-0.3, -0.25) is 0 Å². The molecule has 19 heavy (non-hydrogen) atoms. The summed E-state index contributed by atoms with van der Waals surface area (Å²) in [5, 5.41) is 13.2. The van der Waals surface area contributed by atoms with Gasteiger partial charge in [-0.2, -0.15) is 0 Å². The van der Waals surface area contributed by atoms with E-state index in [9.17, 15) is 5.11 Å². The minimum absolute atomic E-state index is 0.344. The molecular weight excluding hydrogens is 238 g/mol. The van der Waals surface area contributed by atoms with Crippen molar-refractivity contribution in [3.63, 3.8) is 0 Å². The highest BCUT2D eigenvalue weighted by molar-refractivity contribution is 5.09. The van der Waals surface area contributed by atoms with Crippen LogP contribution in [0.1, 0.15) is 47.5 Å². The van der Waals surface area contributed by atoms with Gasteiger partial charge in [0.1, 0.15) is 0 Å². The third-order valence-corrected chi connectivity index (χ3v) is 5.30. The molecule has 0 spiro atoms. The molecule has 3 nitrogen and oxygen atoms in total. The van der Waals surface area contributed by atoms with Crippen LogP contribution in [0.4, 0.5) is 0 Å². The van der Waals surface area contributed by atoms with E-state index >= 15 is 0 Å². The quantitative estimate of drug-likeness (QED) is 0.778. The molecule has 5 unspecified atom stereocenters. The number of ether oxygens (including phenoxy) is 1. The molecular formula is C16H31NO2. The Morgan fingerprint density at radius 3 is 2.53 bits per heavy atom. The van der Waals surface area contributed by atoms with E-state index in [2.05, 4.69) is 39.9 Å². The molecule has 0 radical (unpaired) electrons. The van der Waals surface area contributed by atoms with E-state index in [1.807, 2.05) is 0 Å². The van der Waals surface area contributed by atoms with Crippen LogP contribution in [0.15, 0.2) is 0 Å². The first-order valence-corrected chi connectivity index (χ1v) is 7.85. The maximum Gasteiger partial charge on any atom is 0.0897 e.